The van der Waals surface area contributed by atoms with E-state index in [1.807, 2.05) is 0 Å². The summed E-state index contributed by atoms with van der Waals surface area (Å²) in [6, 6.07) is 5.13. The summed E-state index contributed by atoms with van der Waals surface area (Å²) in [5, 5.41) is 12.9. The molecule has 0 aliphatic heterocycles. The number of fused-ring (bicyclic) bond motifs is 1. The number of carbonyl (C=O) groups excluding carboxylic acids is 1. The van der Waals surface area contributed by atoms with Crippen LogP contribution in [0.15, 0.2) is 24.4 Å². The van der Waals surface area contributed by atoms with Gasteiger partial charge in [0.15, 0.2) is 0 Å². The maximum Gasteiger partial charge on any atom is 0.303 e. The molecule has 1 aromatic carbocycles. The summed E-state index contributed by atoms with van der Waals surface area (Å²) in [4.78, 5) is 27.0. The number of carboxylic acid groups (broad SMARTS) is 1. The van der Waals surface area contributed by atoms with Gasteiger partial charge in [-0.05, 0) is 25.0 Å². The lowest BCUT2D eigenvalue weighted by Gasteiger charge is -2.09. The van der Waals surface area contributed by atoms with Crippen molar-refractivity contribution < 1.29 is 14.7 Å². The van der Waals surface area contributed by atoms with Gasteiger partial charge in [-0.25, -0.2) is 0 Å². The molecule has 2 N–H and O–H groups in total. The average molecular weight is 355 g/mol. The van der Waals surface area contributed by atoms with Gasteiger partial charge in [0, 0.05) is 24.5 Å². The number of halogens is 2. The molecule has 0 bridgehead atoms. The van der Waals surface area contributed by atoms with Crippen molar-refractivity contribution >= 4 is 46.0 Å². The van der Waals surface area contributed by atoms with Crippen LogP contribution in [0.2, 0.25) is 10.0 Å². The zero-order valence-electron chi connectivity index (χ0n) is 12.3. The molecule has 1 aromatic heterocycles. The van der Waals surface area contributed by atoms with Gasteiger partial charge in [-0.3, -0.25) is 14.6 Å². The molecule has 0 fully saturated rings. The Morgan fingerprint density at radius 1 is 1.17 bits per heavy atom. The van der Waals surface area contributed by atoms with Gasteiger partial charge in [-0.1, -0.05) is 35.7 Å². The summed E-state index contributed by atoms with van der Waals surface area (Å²) >= 11 is 12.0. The Morgan fingerprint density at radius 3 is 2.70 bits per heavy atom. The molecular formula is C16H16Cl2N2O3. The van der Waals surface area contributed by atoms with Crippen LogP contribution in [0.25, 0.3) is 10.9 Å². The smallest absolute Gasteiger partial charge is 0.303 e. The fraction of sp³-hybridized carbons (Fsp3) is 0.312. The van der Waals surface area contributed by atoms with Crippen molar-refractivity contribution in [2.24, 2.45) is 0 Å². The van der Waals surface area contributed by atoms with E-state index in [-0.39, 0.29) is 12.3 Å². The second-order valence-electron chi connectivity index (χ2n) is 5.11. The van der Waals surface area contributed by atoms with Gasteiger partial charge < -0.3 is 10.4 Å². The first kappa shape index (κ1) is 17.5. The molecule has 5 nitrogen and oxygen atoms in total. The second-order valence-corrected chi connectivity index (χ2v) is 5.95. The number of carboxylic acids is 1. The van der Waals surface area contributed by atoms with Crippen molar-refractivity contribution in [2.45, 2.75) is 25.7 Å². The summed E-state index contributed by atoms with van der Waals surface area (Å²) in [7, 11) is 0. The Hall–Kier alpha value is -1.85. The van der Waals surface area contributed by atoms with Gasteiger partial charge >= 0.3 is 5.97 Å². The lowest BCUT2D eigenvalue weighted by atomic mass is 10.1. The van der Waals surface area contributed by atoms with Crippen molar-refractivity contribution in [2.75, 3.05) is 6.54 Å². The lowest BCUT2D eigenvalue weighted by molar-refractivity contribution is -0.137. The number of nitrogens with one attached hydrogen (secondary N) is 1. The minimum atomic E-state index is -0.804. The number of rotatable bonds is 7. The summed E-state index contributed by atoms with van der Waals surface area (Å²) in [6.07, 6.45) is 3.67. The maximum atomic E-state index is 12.3. The van der Waals surface area contributed by atoms with Crippen molar-refractivity contribution in [3.8, 4) is 0 Å². The molecule has 1 heterocycles. The maximum absolute atomic E-state index is 12.3. The highest BCUT2D eigenvalue weighted by Crippen LogP contribution is 2.26. The zero-order valence-corrected chi connectivity index (χ0v) is 13.8. The number of aromatic nitrogens is 1. The number of benzene rings is 1. The first-order valence-electron chi connectivity index (χ1n) is 7.23. The number of aliphatic carboxylic acids is 1. The normalized spacial score (nSPS) is 10.7. The fourth-order valence-electron chi connectivity index (χ4n) is 2.23. The molecule has 0 spiro atoms. The summed E-state index contributed by atoms with van der Waals surface area (Å²) < 4.78 is 0. The first-order chi connectivity index (χ1) is 11.0. The van der Waals surface area contributed by atoms with E-state index in [0.29, 0.717) is 40.5 Å². The number of amides is 1. The summed E-state index contributed by atoms with van der Waals surface area (Å²) in [5.74, 6) is -1.10. The molecule has 0 aliphatic carbocycles. The predicted octanol–water partition coefficient (Wildman–Crippen LogP) is 3.92. The molecule has 7 heteroatoms. The number of hydrogen-bond acceptors (Lipinski definition) is 3. The molecule has 0 saturated heterocycles. The average Bonchev–Trinajstić information content (AvgIpc) is 2.50. The van der Waals surface area contributed by atoms with Crippen LogP contribution in [0.3, 0.4) is 0 Å². The van der Waals surface area contributed by atoms with Gasteiger partial charge in [0.1, 0.15) is 0 Å². The summed E-state index contributed by atoms with van der Waals surface area (Å²) in [5.41, 5.74) is 0.830. The van der Waals surface area contributed by atoms with E-state index < -0.39 is 5.97 Å². The Bertz CT molecular complexity index is 735. The van der Waals surface area contributed by atoms with E-state index in [9.17, 15) is 9.59 Å². The van der Waals surface area contributed by atoms with E-state index in [0.717, 1.165) is 11.8 Å². The van der Waals surface area contributed by atoms with Gasteiger partial charge in [-0.15, -0.1) is 0 Å². The van der Waals surface area contributed by atoms with Crippen molar-refractivity contribution in [1.82, 2.24) is 10.3 Å². The molecule has 0 aliphatic rings. The summed E-state index contributed by atoms with van der Waals surface area (Å²) in [6.45, 7) is 0.457. The van der Waals surface area contributed by atoms with Crippen molar-refractivity contribution in [3.05, 3.63) is 40.0 Å². The SMILES string of the molecule is O=C(O)CCCCCNC(=O)c1c(Cl)ccc2cc(Cl)cnc12. The zero-order chi connectivity index (χ0) is 16.8. The number of nitrogens with zero attached hydrogens (tertiary/aromatic N) is 1. The topological polar surface area (TPSA) is 79.3 Å². The molecule has 2 aromatic rings. The third kappa shape index (κ3) is 4.81. The van der Waals surface area contributed by atoms with E-state index in [1.165, 1.54) is 6.20 Å². The number of unbranched alkanes of at least 4 members (excludes halogenated alkanes) is 2. The minimum Gasteiger partial charge on any atom is -0.481 e. The molecule has 1 amide bonds. The second kappa shape index (κ2) is 8.13. The highest BCUT2D eigenvalue weighted by atomic mass is 35.5. The van der Waals surface area contributed by atoms with Gasteiger partial charge in [-0.2, -0.15) is 0 Å². The Kier molecular flexibility index (Phi) is 6.19. The molecule has 2 rings (SSSR count). The van der Waals surface area contributed by atoms with Gasteiger partial charge in [0.25, 0.3) is 5.91 Å². The van der Waals surface area contributed by atoms with E-state index in [1.54, 1.807) is 18.2 Å². The van der Waals surface area contributed by atoms with E-state index >= 15 is 0 Å². The third-order valence-electron chi connectivity index (χ3n) is 3.35. The number of pyridine rings is 1. The largest absolute Gasteiger partial charge is 0.481 e. The van der Waals surface area contributed by atoms with E-state index in [2.05, 4.69) is 10.3 Å². The molecule has 0 radical (unpaired) electrons. The van der Waals surface area contributed by atoms with Crippen LogP contribution < -0.4 is 5.32 Å². The predicted molar refractivity (Wildman–Crippen MR) is 90.2 cm³/mol. The third-order valence-corrected chi connectivity index (χ3v) is 3.87. The van der Waals surface area contributed by atoms with Crippen molar-refractivity contribution in [3.63, 3.8) is 0 Å². The van der Waals surface area contributed by atoms with Crippen molar-refractivity contribution in [1.29, 1.82) is 0 Å². The van der Waals surface area contributed by atoms with E-state index in [4.69, 9.17) is 28.3 Å². The van der Waals surface area contributed by atoms with Crippen LogP contribution in [0.4, 0.5) is 0 Å². The Balaban J connectivity index is 2.00. The molecule has 0 unspecified atom stereocenters. The first-order valence-corrected chi connectivity index (χ1v) is 7.98. The fourth-order valence-corrected chi connectivity index (χ4v) is 2.64. The quantitative estimate of drug-likeness (QED) is 0.738. The molecule has 23 heavy (non-hydrogen) atoms. The highest BCUT2D eigenvalue weighted by Gasteiger charge is 2.15. The van der Waals surface area contributed by atoms with Crippen LogP contribution >= 0.6 is 23.2 Å². The monoisotopic (exact) mass is 354 g/mol. The number of carbonyl (C=O) groups is 2. The van der Waals surface area contributed by atoms with Gasteiger partial charge in [0.2, 0.25) is 0 Å². The standard InChI is InChI=1S/C16H16Cl2N2O3/c17-11-8-10-5-6-12(18)14(15(10)20-9-11)16(23)19-7-3-1-2-4-13(21)22/h5-6,8-9H,1-4,7H2,(H,19,23)(H,21,22). The van der Waals surface area contributed by atoms with Crippen LogP contribution in [0.1, 0.15) is 36.0 Å². The molecule has 0 saturated carbocycles. The van der Waals surface area contributed by atoms with Crippen LogP contribution in [-0.4, -0.2) is 28.5 Å². The molecule has 122 valence electrons. The molecule has 0 atom stereocenters. The Labute approximate surface area is 143 Å². The van der Waals surface area contributed by atoms with Crippen LogP contribution in [-0.2, 0) is 4.79 Å². The molecular weight excluding hydrogens is 339 g/mol. The van der Waals surface area contributed by atoms with Gasteiger partial charge in [0.05, 0.1) is 21.1 Å². The highest BCUT2D eigenvalue weighted by molar-refractivity contribution is 6.36. The lowest BCUT2D eigenvalue weighted by Crippen LogP contribution is -2.25. The van der Waals surface area contributed by atoms with Crippen LogP contribution in [0.5, 0.6) is 0 Å². The van der Waals surface area contributed by atoms with Crippen LogP contribution in [0, 0.1) is 0 Å². The Morgan fingerprint density at radius 2 is 1.96 bits per heavy atom. The number of hydrogen-bond donors (Lipinski definition) is 2. The minimum absolute atomic E-state index is 0.147.